The van der Waals surface area contributed by atoms with E-state index in [2.05, 4.69) is 8.92 Å². The fourth-order valence-corrected chi connectivity index (χ4v) is 0.574. The van der Waals surface area contributed by atoms with Crippen LogP contribution in [0.25, 0.3) is 0 Å². The Morgan fingerprint density at radius 2 is 2.09 bits per heavy atom. The number of esters is 1. The third kappa shape index (κ3) is 7.27. The van der Waals surface area contributed by atoms with Crippen LogP contribution in [0, 0.1) is 0 Å². The molecule has 0 saturated heterocycles. The summed E-state index contributed by atoms with van der Waals surface area (Å²) >= 11 is 0. The van der Waals surface area contributed by atoms with E-state index in [-0.39, 0.29) is 6.61 Å². The topological polar surface area (TPSA) is 69.7 Å². The molecule has 0 bridgehead atoms. The zero-order valence-corrected chi connectivity index (χ0v) is 7.00. The van der Waals surface area contributed by atoms with Gasteiger partial charge in [0.25, 0.3) is 11.0 Å². The fourth-order valence-electron chi connectivity index (χ4n) is 0.363. The van der Waals surface area contributed by atoms with Crippen LogP contribution in [-0.4, -0.2) is 27.6 Å². The summed E-state index contributed by atoms with van der Waals surface area (Å²) in [7, 11) is -2.95. The van der Waals surface area contributed by atoms with Crippen LogP contribution in [0.2, 0.25) is 0 Å². The predicted molar refractivity (Wildman–Crippen MR) is 37.5 cm³/mol. The molecule has 0 heterocycles. The molecule has 0 saturated carbocycles. The summed E-state index contributed by atoms with van der Waals surface area (Å²) in [6, 6.07) is 0. The molecule has 0 aromatic heterocycles. The monoisotopic (exact) mass is 182 g/mol. The molecule has 66 valence electrons. The van der Waals surface area contributed by atoms with Gasteiger partial charge in [-0.15, -0.1) is 0 Å². The van der Waals surface area contributed by atoms with Crippen molar-refractivity contribution in [3.8, 4) is 0 Å². The molecule has 0 atom stereocenters. The van der Waals surface area contributed by atoms with E-state index in [1.807, 2.05) is 6.92 Å². The molecule has 0 unspecified atom stereocenters. The Kier molecular flexibility index (Phi) is 5.77. The van der Waals surface area contributed by atoms with Crippen molar-refractivity contribution >= 4 is 17.0 Å². The number of carbonyl (C=O) groups excluding carboxylic acids is 1. The van der Waals surface area contributed by atoms with Crippen LogP contribution in [0.3, 0.4) is 0 Å². The summed E-state index contributed by atoms with van der Waals surface area (Å²) in [4.78, 5) is 10.5. The van der Waals surface area contributed by atoms with Gasteiger partial charge in [0.2, 0.25) is 0 Å². The van der Waals surface area contributed by atoms with Crippen LogP contribution < -0.4 is 0 Å². The van der Waals surface area contributed by atoms with Crippen molar-refractivity contribution in [1.82, 2.24) is 0 Å². The Bertz CT molecular complexity index is 177. The van der Waals surface area contributed by atoms with Gasteiger partial charge in [0.15, 0.2) is 6.61 Å². The Hall–Kier alpha value is -0.620. The minimum Gasteiger partial charge on any atom is -0.464 e. The molecule has 5 nitrogen and oxygen atoms in total. The Balaban J connectivity index is 3.37. The first-order valence-electron chi connectivity index (χ1n) is 3.09. The summed E-state index contributed by atoms with van der Waals surface area (Å²) in [6.07, 6.45) is 0.704. The van der Waals surface area contributed by atoms with Crippen LogP contribution in [-0.2, 0) is 24.7 Å². The van der Waals surface area contributed by atoms with Gasteiger partial charge < -0.3 is 4.74 Å². The van der Waals surface area contributed by atoms with Crippen LogP contribution >= 0.6 is 0 Å². The maximum absolute atomic E-state index is 10.5. The Labute approximate surface area is 66.5 Å². The molecule has 0 N–H and O–H groups in total. The van der Waals surface area contributed by atoms with Gasteiger partial charge >= 0.3 is 5.97 Å². The molecule has 0 amide bonds. The van der Waals surface area contributed by atoms with Crippen molar-refractivity contribution in [2.24, 2.45) is 0 Å². The van der Waals surface area contributed by atoms with Gasteiger partial charge in [0.05, 0.1) is 6.61 Å². The van der Waals surface area contributed by atoms with Crippen LogP contribution in [0.1, 0.15) is 13.3 Å². The highest BCUT2D eigenvalue weighted by Crippen LogP contribution is 1.83. The predicted octanol–water partition coefficient (Wildman–Crippen LogP) is -0.517. The zero-order chi connectivity index (χ0) is 8.69. The van der Waals surface area contributed by atoms with Crippen molar-refractivity contribution in [1.29, 1.82) is 0 Å². The summed E-state index contributed by atoms with van der Waals surface area (Å²) in [5.41, 5.74) is 0. The molecule has 0 radical (unpaired) electrons. The van der Waals surface area contributed by atoms with Gasteiger partial charge in [0, 0.05) is 0 Å². The molecule has 6 heteroatoms. The molecule has 11 heavy (non-hydrogen) atoms. The second kappa shape index (κ2) is 6.11. The zero-order valence-electron chi connectivity index (χ0n) is 6.11. The van der Waals surface area contributed by atoms with Crippen molar-refractivity contribution in [3.05, 3.63) is 0 Å². The average Bonchev–Trinajstić information content (AvgIpc) is 1.97. The van der Waals surface area contributed by atoms with Gasteiger partial charge in [0.1, 0.15) is 0 Å². The standard InChI is InChI=1S/C5H10O5S/c1-2-3-9-5(6)4-10-11(7)8/h11H,2-4H2,1H3. The largest absolute Gasteiger partial charge is 0.464 e. The van der Waals surface area contributed by atoms with Crippen LogP contribution in [0.4, 0.5) is 0 Å². The first-order chi connectivity index (χ1) is 5.16. The third-order valence-corrected chi connectivity index (χ3v) is 1.09. The summed E-state index contributed by atoms with van der Waals surface area (Å²) in [5.74, 6) is -0.661. The van der Waals surface area contributed by atoms with Gasteiger partial charge in [-0.1, -0.05) is 6.92 Å². The first-order valence-corrected chi connectivity index (χ1v) is 4.19. The lowest BCUT2D eigenvalue weighted by Crippen LogP contribution is -2.12. The Morgan fingerprint density at radius 1 is 1.45 bits per heavy atom. The molecule has 0 aliphatic heterocycles. The third-order valence-electron chi connectivity index (χ3n) is 0.755. The van der Waals surface area contributed by atoms with Crippen molar-refractivity contribution in [2.45, 2.75) is 13.3 Å². The molecule has 0 aromatic rings. The number of carbonyl (C=O) groups is 1. The lowest BCUT2D eigenvalue weighted by molar-refractivity contribution is -0.145. The van der Waals surface area contributed by atoms with Crippen molar-refractivity contribution in [2.75, 3.05) is 13.2 Å². The van der Waals surface area contributed by atoms with E-state index in [0.717, 1.165) is 0 Å². The smallest absolute Gasteiger partial charge is 0.333 e. The lowest BCUT2D eigenvalue weighted by atomic mass is 10.5. The van der Waals surface area contributed by atoms with Crippen LogP contribution in [0.15, 0.2) is 0 Å². The van der Waals surface area contributed by atoms with Crippen molar-refractivity contribution in [3.63, 3.8) is 0 Å². The minimum absolute atomic E-state index is 0.290. The Morgan fingerprint density at radius 3 is 2.55 bits per heavy atom. The highest BCUT2D eigenvalue weighted by molar-refractivity contribution is 7.67. The maximum atomic E-state index is 10.5. The normalized spacial score (nSPS) is 10.0. The second-order valence-corrected chi connectivity index (χ2v) is 2.42. The van der Waals surface area contributed by atoms with E-state index < -0.39 is 23.6 Å². The molecular weight excluding hydrogens is 172 g/mol. The molecule has 0 aliphatic carbocycles. The summed E-state index contributed by atoms with van der Waals surface area (Å²) in [6.45, 7) is 1.60. The molecule has 0 fully saturated rings. The molecule has 0 spiro atoms. The first kappa shape index (κ1) is 10.4. The number of ether oxygens (including phenoxy) is 1. The quantitative estimate of drug-likeness (QED) is 0.457. The lowest BCUT2D eigenvalue weighted by Gasteiger charge is -1.99. The second-order valence-electron chi connectivity index (χ2n) is 1.72. The van der Waals surface area contributed by atoms with E-state index >= 15 is 0 Å². The summed E-state index contributed by atoms with van der Waals surface area (Å²) < 4.78 is 28.1. The summed E-state index contributed by atoms with van der Waals surface area (Å²) in [5, 5.41) is 0. The highest BCUT2D eigenvalue weighted by Gasteiger charge is 2.01. The maximum Gasteiger partial charge on any atom is 0.333 e. The number of hydrogen-bond donors (Lipinski definition) is 1. The van der Waals surface area contributed by atoms with E-state index in [0.29, 0.717) is 6.42 Å². The number of rotatable bonds is 5. The molecular formula is C5H10O5S. The molecule has 0 aromatic carbocycles. The number of hydrogen-bond acceptors (Lipinski definition) is 5. The fraction of sp³-hybridized carbons (Fsp3) is 0.800. The number of thiol groups is 1. The van der Waals surface area contributed by atoms with Gasteiger partial charge in [-0.2, -0.15) is 0 Å². The van der Waals surface area contributed by atoms with Crippen LogP contribution in [0.5, 0.6) is 0 Å². The van der Waals surface area contributed by atoms with Gasteiger partial charge in [-0.3, -0.25) is 4.18 Å². The van der Waals surface area contributed by atoms with Gasteiger partial charge in [-0.05, 0) is 6.42 Å². The molecule has 0 rings (SSSR count). The molecule has 0 aliphatic rings. The SMILES string of the molecule is CCCOC(=O)CO[SH](=O)=O. The van der Waals surface area contributed by atoms with E-state index in [4.69, 9.17) is 0 Å². The average molecular weight is 182 g/mol. The van der Waals surface area contributed by atoms with E-state index in [9.17, 15) is 13.2 Å². The highest BCUT2D eigenvalue weighted by atomic mass is 32.2. The van der Waals surface area contributed by atoms with E-state index in [1.54, 1.807) is 0 Å². The van der Waals surface area contributed by atoms with Crippen molar-refractivity contribution < 1.29 is 22.1 Å². The minimum atomic E-state index is -2.95. The van der Waals surface area contributed by atoms with Gasteiger partial charge in [-0.25, -0.2) is 13.2 Å². The van der Waals surface area contributed by atoms with E-state index in [1.165, 1.54) is 0 Å².